The van der Waals surface area contributed by atoms with E-state index in [1.165, 1.54) is 11.2 Å². The minimum atomic E-state index is -4.12. The molecule has 0 N–H and O–H groups in total. The van der Waals surface area contributed by atoms with Gasteiger partial charge < -0.3 is 4.90 Å². The van der Waals surface area contributed by atoms with Gasteiger partial charge in [-0.2, -0.15) is 13.2 Å². The number of halogens is 3. The maximum Gasteiger partial charge on any atom is 0.401 e. The van der Waals surface area contributed by atoms with Crippen LogP contribution in [-0.4, -0.2) is 53.8 Å². The van der Waals surface area contributed by atoms with Crippen molar-refractivity contribution in [2.45, 2.75) is 13.1 Å². The van der Waals surface area contributed by atoms with Gasteiger partial charge in [0.25, 0.3) is 0 Å². The van der Waals surface area contributed by atoms with Gasteiger partial charge >= 0.3 is 6.18 Å². The van der Waals surface area contributed by atoms with Gasteiger partial charge in [-0.1, -0.05) is 0 Å². The minimum absolute atomic E-state index is 0.405. The summed E-state index contributed by atoms with van der Waals surface area (Å²) in [6.07, 6.45) is -2.64. The molecule has 0 aromatic carbocycles. The van der Waals surface area contributed by atoms with E-state index in [1.54, 1.807) is 0 Å². The summed E-state index contributed by atoms with van der Waals surface area (Å²) in [6.45, 7) is 2.97. The molecule has 0 spiro atoms. The zero-order valence-electron chi connectivity index (χ0n) is 10.1. The average Bonchev–Trinajstić information content (AvgIpc) is 2.28. The molecule has 0 atom stereocenters. The van der Waals surface area contributed by atoms with Gasteiger partial charge in [-0.15, -0.1) is 0 Å². The van der Waals surface area contributed by atoms with E-state index in [1.807, 2.05) is 17.9 Å². The molecule has 0 amide bonds. The first-order valence-electron chi connectivity index (χ1n) is 5.77. The lowest BCUT2D eigenvalue weighted by molar-refractivity contribution is -0.146. The van der Waals surface area contributed by atoms with Crippen LogP contribution in [0, 0.1) is 6.92 Å². The van der Waals surface area contributed by atoms with Crippen LogP contribution in [0.3, 0.4) is 0 Å². The van der Waals surface area contributed by atoms with Crippen molar-refractivity contribution in [1.29, 1.82) is 0 Å². The monoisotopic (exact) mass is 260 g/mol. The first kappa shape index (κ1) is 13.1. The van der Waals surface area contributed by atoms with Gasteiger partial charge in [0.1, 0.15) is 12.1 Å². The third-order valence-corrected chi connectivity index (χ3v) is 2.89. The third kappa shape index (κ3) is 3.56. The van der Waals surface area contributed by atoms with E-state index in [0.29, 0.717) is 26.2 Å². The summed E-state index contributed by atoms with van der Waals surface area (Å²) >= 11 is 0. The molecule has 100 valence electrons. The Morgan fingerprint density at radius 3 is 2.39 bits per heavy atom. The van der Waals surface area contributed by atoms with Crippen LogP contribution >= 0.6 is 0 Å². The highest BCUT2D eigenvalue weighted by Crippen LogP contribution is 2.19. The summed E-state index contributed by atoms with van der Waals surface area (Å²) in [5, 5.41) is 0. The fraction of sp³-hybridized carbons (Fsp3) is 0.636. The minimum Gasteiger partial charge on any atom is -0.354 e. The summed E-state index contributed by atoms with van der Waals surface area (Å²) in [5.41, 5.74) is 0.859. The second-order valence-corrected chi connectivity index (χ2v) is 4.40. The normalized spacial score (nSPS) is 18.1. The standard InChI is InChI=1S/C11H15F3N4/c1-9-6-10(16-8-15-9)18-4-2-17(3-5-18)7-11(12,13)14/h6,8H,2-5,7H2,1H3. The number of aromatic nitrogens is 2. The zero-order valence-corrected chi connectivity index (χ0v) is 10.1. The first-order chi connectivity index (χ1) is 8.44. The molecule has 0 radical (unpaired) electrons. The van der Waals surface area contributed by atoms with Crippen LogP contribution in [-0.2, 0) is 0 Å². The van der Waals surface area contributed by atoms with Crippen LogP contribution < -0.4 is 4.90 Å². The Morgan fingerprint density at radius 2 is 1.83 bits per heavy atom. The highest BCUT2D eigenvalue weighted by molar-refractivity contribution is 5.39. The van der Waals surface area contributed by atoms with Gasteiger partial charge in [-0.05, 0) is 6.92 Å². The van der Waals surface area contributed by atoms with Gasteiger partial charge in [0.2, 0.25) is 0 Å². The van der Waals surface area contributed by atoms with E-state index >= 15 is 0 Å². The Morgan fingerprint density at radius 1 is 1.17 bits per heavy atom. The van der Waals surface area contributed by atoms with Crippen LogP contribution in [0.1, 0.15) is 5.69 Å². The number of alkyl halides is 3. The molecule has 0 unspecified atom stereocenters. The fourth-order valence-corrected chi connectivity index (χ4v) is 2.00. The Hall–Kier alpha value is -1.37. The van der Waals surface area contributed by atoms with Crippen LogP contribution in [0.15, 0.2) is 12.4 Å². The van der Waals surface area contributed by atoms with Gasteiger partial charge in [0.05, 0.1) is 6.54 Å². The van der Waals surface area contributed by atoms with Gasteiger partial charge in [0.15, 0.2) is 0 Å². The summed E-state index contributed by atoms with van der Waals surface area (Å²) in [7, 11) is 0. The van der Waals surface area contributed by atoms with Crippen LogP contribution in [0.25, 0.3) is 0 Å². The number of nitrogens with zero attached hydrogens (tertiary/aromatic N) is 4. The highest BCUT2D eigenvalue weighted by atomic mass is 19.4. The molecule has 7 heteroatoms. The smallest absolute Gasteiger partial charge is 0.354 e. The lowest BCUT2D eigenvalue weighted by atomic mass is 10.3. The quantitative estimate of drug-likeness (QED) is 0.806. The average molecular weight is 260 g/mol. The van der Waals surface area contributed by atoms with E-state index in [4.69, 9.17) is 0 Å². The van der Waals surface area contributed by atoms with Gasteiger partial charge in [-0.3, -0.25) is 4.90 Å². The Labute approximate surface area is 103 Å². The fourth-order valence-electron chi connectivity index (χ4n) is 2.00. The van der Waals surface area contributed by atoms with E-state index in [2.05, 4.69) is 9.97 Å². The maximum atomic E-state index is 12.2. The number of hydrogen-bond donors (Lipinski definition) is 0. The summed E-state index contributed by atoms with van der Waals surface area (Å²) in [5.74, 6) is 0.786. The molecule has 1 aliphatic rings. The number of piperazine rings is 1. The molecule has 1 saturated heterocycles. The predicted octanol–water partition coefficient (Wildman–Crippen LogP) is 1.47. The van der Waals surface area contributed by atoms with Crippen molar-refractivity contribution in [3.8, 4) is 0 Å². The van der Waals surface area contributed by atoms with Gasteiger partial charge in [-0.25, -0.2) is 9.97 Å². The van der Waals surface area contributed by atoms with Crippen molar-refractivity contribution < 1.29 is 13.2 Å². The van der Waals surface area contributed by atoms with Crippen molar-refractivity contribution in [2.24, 2.45) is 0 Å². The van der Waals surface area contributed by atoms with E-state index < -0.39 is 12.7 Å². The molecule has 4 nitrogen and oxygen atoms in total. The third-order valence-electron chi connectivity index (χ3n) is 2.89. The highest BCUT2D eigenvalue weighted by Gasteiger charge is 2.32. The maximum absolute atomic E-state index is 12.2. The molecule has 2 rings (SSSR count). The van der Waals surface area contributed by atoms with Gasteiger partial charge in [0, 0.05) is 37.9 Å². The molecule has 1 aromatic heterocycles. The second kappa shape index (κ2) is 5.09. The summed E-state index contributed by atoms with van der Waals surface area (Å²) in [6, 6.07) is 1.85. The molecular weight excluding hydrogens is 245 g/mol. The zero-order chi connectivity index (χ0) is 13.2. The molecular formula is C11H15F3N4. The Kier molecular flexibility index (Phi) is 3.70. The van der Waals surface area contributed by atoms with E-state index in [9.17, 15) is 13.2 Å². The SMILES string of the molecule is Cc1cc(N2CCN(CC(F)(F)F)CC2)ncn1. The number of rotatable bonds is 2. The van der Waals surface area contributed by atoms with Crippen molar-refractivity contribution in [2.75, 3.05) is 37.6 Å². The van der Waals surface area contributed by atoms with Crippen molar-refractivity contribution >= 4 is 5.82 Å². The van der Waals surface area contributed by atoms with Crippen LogP contribution in [0.2, 0.25) is 0 Å². The molecule has 0 aliphatic carbocycles. The molecule has 1 fully saturated rings. The Balaban J connectivity index is 1.91. The second-order valence-electron chi connectivity index (χ2n) is 4.40. The van der Waals surface area contributed by atoms with Crippen LogP contribution in [0.5, 0.6) is 0 Å². The lowest BCUT2D eigenvalue weighted by Crippen LogP contribution is -2.49. The summed E-state index contributed by atoms with van der Waals surface area (Å²) in [4.78, 5) is 11.5. The van der Waals surface area contributed by atoms with Crippen LogP contribution in [0.4, 0.5) is 19.0 Å². The van der Waals surface area contributed by atoms with Crippen molar-refractivity contribution in [3.05, 3.63) is 18.1 Å². The number of aryl methyl sites for hydroxylation is 1. The summed E-state index contributed by atoms with van der Waals surface area (Å²) < 4.78 is 36.7. The molecule has 1 aromatic rings. The Bertz CT molecular complexity index is 400. The number of hydrogen-bond acceptors (Lipinski definition) is 4. The first-order valence-corrected chi connectivity index (χ1v) is 5.77. The van der Waals surface area contributed by atoms with Crippen molar-refractivity contribution in [3.63, 3.8) is 0 Å². The largest absolute Gasteiger partial charge is 0.401 e. The number of anilines is 1. The lowest BCUT2D eigenvalue weighted by Gasteiger charge is -2.35. The molecule has 0 bridgehead atoms. The van der Waals surface area contributed by atoms with E-state index in [0.717, 1.165) is 11.5 Å². The van der Waals surface area contributed by atoms with E-state index in [-0.39, 0.29) is 0 Å². The predicted molar refractivity (Wildman–Crippen MR) is 61.5 cm³/mol. The molecule has 2 heterocycles. The molecule has 0 saturated carbocycles. The molecule has 1 aliphatic heterocycles. The topological polar surface area (TPSA) is 32.3 Å². The van der Waals surface area contributed by atoms with Crippen molar-refractivity contribution in [1.82, 2.24) is 14.9 Å². The molecule has 18 heavy (non-hydrogen) atoms.